The van der Waals surface area contributed by atoms with Gasteiger partial charge in [-0.3, -0.25) is 9.46 Å². The van der Waals surface area contributed by atoms with Gasteiger partial charge in [-0.25, -0.2) is 18.9 Å². The van der Waals surface area contributed by atoms with Gasteiger partial charge in [0.25, 0.3) is 7.37 Å². The van der Waals surface area contributed by atoms with Gasteiger partial charge in [0.1, 0.15) is 4.21 Å². The molecule has 7 nitrogen and oxygen atoms in total. The number of sulfone groups is 1. The standard InChI is InChI=1S/C14H24N3O4PS2/c1-8(2)10-6-17(3)11-7-24(19,20)14-9(13(11)16-10)5-12(23-14)22(4,18)21-15/h5,8,10-11,13,16H,6-7,15H2,1-4H3. The first-order valence-corrected chi connectivity index (χ1v) is 12.4. The first-order valence-electron chi connectivity index (χ1n) is 7.86. The number of piperazine rings is 1. The minimum Gasteiger partial charge on any atom is -0.304 e. The van der Waals surface area contributed by atoms with Crippen LogP contribution in [0.5, 0.6) is 0 Å². The highest BCUT2D eigenvalue weighted by Gasteiger charge is 2.46. The largest absolute Gasteiger partial charge is 0.304 e. The van der Waals surface area contributed by atoms with E-state index in [2.05, 4.69) is 28.7 Å². The lowest BCUT2D eigenvalue weighted by Crippen LogP contribution is -2.61. The van der Waals surface area contributed by atoms with Gasteiger partial charge in [0.05, 0.1) is 16.4 Å². The molecule has 0 aromatic carbocycles. The van der Waals surface area contributed by atoms with E-state index < -0.39 is 17.2 Å². The zero-order chi connectivity index (χ0) is 17.9. The van der Waals surface area contributed by atoms with Crippen LogP contribution in [0.3, 0.4) is 0 Å². The lowest BCUT2D eigenvalue weighted by molar-refractivity contribution is 0.107. The predicted octanol–water partition coefficient (Wildman–Crippen LogP) is 0.928. The quantitative estimate of drug-likeness (QED) is 0.582. The molecular weight excluding hydrogens is 369 g/mol. The number of likely N-dealkylation sites (N-methyl/N-ethyl adjacent to an activating group) is 1. The van der Waals surface area contributed by atoms with Gasteiger partial charge in [-0.1, -0.05) is 13.8 Å². The number of hydrogen-bond acceptors (Lipinski definition) is 8. The average molecular weight is 393 g/mol. The molecule has 0 saturated carbocycles. The van der Waals surface area contributed by atoms with Gasteiger partial charge in [0, 0.05) is 30.9 Å². The number of rotatable bonds is 3. The zero-order valence-electron chi connectivity index (χ0n) is 14.2. The van der Waals surface area contributed by atoms with Crippen LogP contribution in [0.25, 0.3) is 0 Å². The van der Waals surface area contributed by atoms with Gasteiger partial charge in [0.2, 0.25) is 0 Å². The summed E-state index contributed by atoms with van der Waals surface area (Å²) in [4.78, 5) is 2.12. The average Bonchev–Trinajstić information content (AvgIpc) is 2.95. The summed E-state index contributed by atoms with van der Waals surface area (Å²) in [5.41, 5.74) is 0.697. The minimum atomic E-state index is -3.41. The van der Waals surface area contributed by atoms with E-state index in [1.165, 1.54) is 6.66 Å². The number of nitrogens with zero attached hydrogens (tertiary/aromatic N) is 1. The molecule has 1 aromatic rings. The van der Waals surface area contributed by atoms with Gasteiger partial charge >= 0.3 is 0 Å². The molecule has 2 aliphatic rings. The molecule has 1 saturated heterocycles. The maximum Gasteiger partial charge on any atom is 0.255 e. The molecule has 136 valence electrons. The molecule has 3 heterocycles. The molecule has 3 N–H and O–H groups in total. The molecule has 3 rings (SSSR count). The van der Waals surface area contributed by atoms with Crippen LogP contribution >= 0.6 is 18.7 Å². The van der Waals surface area contributed by atoms with Crippen molar-refractivity contribution in [3.05, 3.63) is 11.6 Å². The van der Waals surface area contributed by atoms with Crippen LogP contribution in [0.4, 0.5) is 0 Å². The van der Waals surface area contributed by atoms with Crippen LogP contribution in [0.15, 0.2) is 10.3 Å². The van der Waals surface area contributed by atoms with Gasteiger partial charge in [-0.05, 0) is 19.0 Å². The number of thiophene rings is 1. The van der Waals surface area contributed by atoms with E-state index in [0.717, 1.165) is 17.9 Å². The van der Waals surface area contributed by atoms with Crippen LogP contribution in [-0.4, -0.2) is 51.4 Å². The summed E-state index contributed by atoms with van der Waals surface area (Å²) in [7, 11) is -4.64. The number of hydrogen-bond donors (Lipinski definition) is 2. The molecule has 10 heteroatoms. The first-order chi connectivity index (χ1) is 11.1. The lowest BCUT2D eigenvalue weighted by atomic mass is 9.92. The Morgan fingerprint density at radius 3 is 2.75 bits per heavy atom. The summed E-state index contributed by atoms with van der Waals surface area (Å²) in [5.74, 6) is 5.64. The molecule has 0 bridgehead atoms. The van der Waals surface area contributed by atoms with Gasteiger partial charge in [-0.15, -0.1) is 11.3 Å². The summed E-state index contributed by atoms with van der Waals surface area (Å²) in [6, 6.07) is 1.74. The minimum absolute atomic E-state index is 0.0659. The number of nitrogens with one attached hydrogen (secondary N) is 1. The third-order valence-corrected chi connectivity index (χ3v) is 10.9. The highest BCUT2D eigenvalue weighted by molar-refractivity contribution is 7.94. The van der Waals surface area contributed by atoms with Crippen molar-refractivity contribution in [3.8, 4) is 0 Å². The predicted molar refractivity (Wildman–Crippen MR) is 95.7 cm³/mol. The van der Waals surface area contributed by atoms with Gasteiger partial charge in [-0.2, -0.15) is 0 Å². The van der Waals surface area contributed by atoms with Crippen molar-refractivity contribution in [3.63, 3.8) is 0 Å². The van der Waals surface area contributed by atoms with Crippen LogP contribution in [-0.2, 0) is 19.0 Å². The maximum absolute atomic E-state index is 12.7. The monoisotopic (exact) mass is 393 g/mol. The highest BCUT2D eigenvalue weighted by Crippen LogP contribution is 2.47. The Balaban J connectivity index is 2.10. The molecule has 4 atom stereocenters. The van der Waals surface area contributed by atoms with Crippen LogP contribution in [0.2, 0.25) is 0 Å². The van der Waals surface area contributed by atoms with E-state index in [4.69, 9.17) is 5.90 Å². The summed E-state index contributed by atoms with van der Waals surface area (Å²) in [6.07, 6.45) is 0. The smallest absolute Gasteiger partial charge is 0.255 e. The van der Waals surface area contributed by atoms with Crippen molar-refractivity contribution < 1.29 is 17.6 Å². The second kappa shape index (κ2) is 6.16. The van der Waals surface area contributed by atoms with Crippen molar-refractivity contribution in [1.82, 2.24) is 10.2 Å². The Bertz CT molecular complexity index is 792. The van der Waals surface area contributed by atoms with Crippen molar-refractivity contribution in [1.29, 1.82) is 0 Å². The first kappa shape index (κ1) is 18.5. The van der Waals surface area contributed by atoms with Gasteiger partial charge in [0.15, 0.2) is 9.84 Å². The van der Waals surface area contributed by atoms with Crippen molar-refractivity contribution in [2.75, 3.05) is 26.0 Å². The topological polar surface area (TPSA) is 102 Å². The zero-order valence-corrected chi connectivity index (χ0v) is 16.7. The summed E-state index contributed by atoms with van der Waals surface area (Å²) >= 11 is 1.03. The van der Waals surface area contributed by atoms with Crippen LogP contribution < -0.4 is 15.8 Å². The Kier molecular flexibility index (Phi) is 4.75. The molecule has 2 aliphatic heterocycles. The summed E-state index contributed by atoms with van der Waals surface area (Å²) < 4.78 is 43.2. The Hall–Kier alpha value is -0.280. The Morgan fingerprint density at radius 2 is 2.17 bits per heavy atom. The maximum atomic E-state index is 12.7. The third kappa shape index (κ3) is 3.00. The molecule has 0 spiro atoms. The van der Waals surface area contributed by atoms with Gasteiger partial charge < -0.3 is 5.32 Å². The fourth-order valence-electron chi connectivity index (χ4n) is 3.41. The SMILES string of the molecule is CC(C)C1CN(C)C2CS(=O)(=O)c3sc(P(C)(=O)ON)cc3C2N1. The molecule has 0 radical (unpaired) electrons. The highest BCUT2D eigenvalue weighted by atomic mass is 32.2. The number of fused-ring (bicyclic) bond motifs is 3. The summed E-state index contributed by atoms with van der Waals surface area (Å²) in [5, 5.41) is 3.60. The Labute approximate surface area is 146 Å². The van der Waals surface area contributed by atoms with E-state index in [1.807, 2.05) is 7.05 Å². The molecule has 0 aliphatic carbocycles. The van der Waals surface area contributed by atoms with E-state index in [9.17, 15) is 13.0 Å². The van der Waals surface area contributed by atoms with Crippen molar-refractivity contribution >= 4 is 33.2 Å². The molecule has 4 unspecified atom stereocenters. The number of nitrogens with two attached hydrogens (primary N) is 1. The molecule has 1 fully saturated rings. The molecule has 1 aromatic heterocycles. The van der Waals surface area contributed by atoms with E-state index in [1.54, 1.807) is 6.07 Å². The summed E-state index contributed by atoms with van der Waals surface area (Å²) in [6.45, 7) is 6.51. The normalized spacial score (nSPS) is 32.2. The molecule has 24 heavy (non-hydrogen) atoms. The van der Waals surface area contributed by atoms with Crippen molar-refractivity contribution in [2.24, 2.45) is 11.8 Å². The lowest BCUT2D eigenvalue weighted by Gasteiger charge is -2.47. The molecular formula is C14H24N3O4PS2. The third-order valence-electron chi connectivity index (χ3n) is 4.96. The fourth-order valence-corrected chi connectivity index (χ4v) is 8.39. The second-order valence-corrected chi connectivity index (χ2v) is 13.0. The Morgan fingerprint density at radius 1 is 1.50 bits per heavy atom. The van der Waals surface area contributed by atoms with E-state index in [0.29, 0.717) is 20.3 Å². The van der Waals surface area contributed by atoms with Crippen molar-refractivity contribution in [2.45, 2.75) is 36.2 Å². The van der Waals surface area contributed by atoms with E-state index in [-0.39, 0.29) is 23.9 Å². The van der Waals surface area contributed by atoms with Crippen LogP contribution in [0.1, 0.15) is 25.5 Å². The van der Waals surface area contributed by atoms with Crippen LogP contribution in [0, 0.1) is 5.92 Å². The second-order valence-electron chi connectivity index (χ2n) is 7.06. The fraction of sp³-hybridized carbons (Fsp3) is 0.714. The molecule has 0 amide bonds. The van der Waals surface area contributed by atoms with E-state index >= 15 is 0 Å².